The lowest BCUT2D eigenvalue weighted by Crippen LogP contribution is -2.37. The Labute approximate surface area is 104 Å². The van der Waals surface area contributed by atoms with E-state index in [-0.39, 0.29) is 5.78 Å². The van der Waals surface area contributed by atoms with Crippen LogP contribution < -0.4 is 4.90 Å². The van der Waals surface area contributed by atoms with Gasteiger partial charge in [0.25, 0.3) is 0 Å². The lowest BCUT2D eigenvalue weighted by Gasteiger charge is -2.31. The van der Waals surface area contributed by atoms with E-state index in [0.29, 0.717) is 10.9 Å². The fraction of sp³-hybridized carbons (Fsp3) is 0.636. The maximum atomic E-state index is 11.2. The highest BCUT2D eigenvalue weighted by molar-refractivity contribution is 8.00. The number of nitrogens with zero attached hydrogens (tertiary/aromatic N) is 2. The lowest BCUT2D eigenvalue weighted by molar-refractivity contribution is 0.101. The largest absolute Gasteiger partial charge is 0.346 e. The smallest absolute Gasteiger partial charge is 0.186 e. The maximum Gasteiger partial charge on any atom is 0.186 e. The van der Waals surface area contributed by atoms with E-state index >= 15 is 0 Å². The van der Waals surface area contributed by atoms with Gasteiger partial charge in [-0.3, -0.25) is 4.79 Å². The zero-order valence-electron chi connectivity index (χ0n) is 9.60. The van der Waals surface area contributed by atoms with Gasteiger partial charge in [-0.1, -0.05) is 6.92 Å². The van der Waals surface area contributed by atoms with Crippen molar-refractivity contribution in [3.05, 3.63) is 11.1 Å². The van der Waals surface area contributed by atoms with Crippen molar-refractivity contribution < 1.29 is 4.79 Å². The number of rotatable bonds is 3. The summed E-state index contributed by atoms with van der Waals surface area (Å²) in [4.78, 5) is 17.9. The molecule has 1 unspecified atom stereocenters. The molecular weight excluding hydrogens is 240 g/mol. The van der Waals surface area contributed by atoms with E-state index in [2.05, 4.69) is 16.8 Å². The van der Waals surface area contributed by atoms with Crippen molar-refractivity contribution in [3.8, 4) is 0 Å². The van der Waals surface area contributed by atoms with Crippen molar-refractivity contribution in [2.24, 2.45) is 0 Å². The van der Waals surface area contributed by atoms with Gasteiger partial charge in [-0.15, -0.1) is 11.3 Å². The summed E-state index contributed by atoms with van der Waals surface area (Å²) >= 11 is 3.62. The van der Waals surface area contributed by atoms with Gasteiger partial charge in [0.2, 0.25) is 0 Å². The quantitative estimate of drug-likeness (QED) is 0.779. The Morgan fingerprint density at radius 3 is 3.12 bits per heavy atom. The molecule has 1 fully saturated rings. The molecular formula is C11H16N2OS2. The van der Waals surface area contributed by atoms with Gasteiger partial charge in [0.15, 0.2) is 10.9 Å². The van der Waals surface area contributed by atoms with Crippen LogP contribution in [0.3, 0.4) is 0 Å². The van der Waals surface area contributed by atoms with Crippen LogP contribution >= 0.6 is 23.1 Å². The van der Waals surface area contributed by atoms with Gasteiger partial charge in [-0.25, -0.2) is 4.98 Å². The summed E-state index contributed by atoms with van der Waals surface area (Å²) in [6.07, 6.45) is 1.20. The Kier molecular flexibility index (Phi) is 3.86. The van der Waals surface area contributed by atoms with E-state index in [1.165, 1.54) is 6.42 Å². The first-order valence-electron chi connectivity index (χ1n) is 5.53. The second-order valence-electron chi connectivity index (χ2n) is 3.92. The molecule has 0 radical (unpaired) electrons. The first-order valence-corrected chi connectivity index (χ1v) is 7.46. The zero-order chi connectivity index (χ0) is 11.5. The van der Waals surface area contributed by atoms with Crippen LogP contribution in [0.25, 0.3) is 0 Å². The summed E-state index contributed by atoms with van der Waals surface area (Å²) in [5.41, 5.74) is 0.603. The Balaban J connectivity index is 2.08. The van der Waals surface area contributed by atoms with Crippen LogP contribution in [0.15, 0.2) is 5.38 Å². The van der Waals surface area contributed by atoms with Crippen LogP contribution in [0.5, 0.6) is 0 Å². The number of thioether (sulfide) groups is 1. The molecule has 0 aliphatic carbocycles. The summed E-state index contributed by atoms with van der Waals surface area (Å²) in [7, 11) is 0. The number of aromatic nitrogens is 1. The van der Waals surface area contributed by atoms with Gasteiger partial charge >= 0.3 is 0 Å². The second kappa shape index (κ2) is 5.19. The van der Waals surface area contributed by atoms with Gasteiger partial charge in [-0.2, -0.15) is 11.8 Å². The minimum atomic E-state index is 0.0564. The molecule has 88 valence electrons. The minimum absolute atomic E-state index is 0.0564. The van der Waals surface area contributed by atoms with E-state index in [4.69, 9.17) is 0 Å². The van der Waals surface area contributed by atoms with Crippen molar-refractivity contribution in [1.82, 2.24) is 4.98 Å². The van der Waals surface area contributed by atoms with Crippen molar-refractivity contribution in [2.45, 2.75) is 25.5 Å². The summed E-state index contributed by atoms with van der Waals surface area (Å²) in [5.74, 6) is 1.22. The fourth-order valence-corrected chi connectivity index (χ4v) is 3.79. The average molecular weight is 256 g/mol. The summed E-state index contributed by atoms with van der Waals surface area (Å²) in [6, 6.07) is 0. The van der Waals surface area contributed by atoms with Gasteiger partial charge in [0.05, 0.1) is 0 Å². The lowest BCUT2D eigenvalue weighted by atomic mass is 10.3. The molecule has 0 saturated carbocycles. The van der Waals surface area contributed by atoms with Gasteiger partial charge in [0, 0.05) is 36.4 Å². The van der Waals surface area contributed by atoms with Crippen molar-refractivity contribution >= 4 is 34.0 Å². The van der Waals surface area contributed by atoms with Gasteiger partial charge < -0.3 is 4.90 Å². The molecule has 0 aromatic carbocycles. The summed E-state index contributed by atoms with van der Waals surface area (Å²) in [6.45, 7) is 5.90. The van der Waals surface area contributed by atoms with Crippen LogP contribution in [0, 0.1) is 0 Å². The van der Waals surface area contributed by atoms with Gasteiger partial charge in [0.1, 0.15) is 5.69 Å². The van der Waals surface area contributed by atoms with Crippen LogP contribution in [-0.4, -0.2) is 34.9 Å². The number of carbonyl (C=O) groups excluding carboxylic acids is 1. The summed E-state index contributed by atoms with van der Waals surface area (Å²) in [5, 5.41) is 3.57. The number of anilines is 1. The molecule has 1 saturated heterocycles. The third-order valence-electron chi connectivity index (χ3n) is 2.72. The SMILES string of the molecule is CCC1CN(c2nc(C(C)=O)cs2)CCS1. The molecule has 5 heteroatoms. The van der Waals surface area contributed by atoms with E-state index in [1.54, 1.807) is 18.3 Å². The first-order chi connectivity index (χ1) is 7.70. The molecule has 3 nitrogen and oxygen atoms in total. The van der Waals surface area contributed by atoms with E-state index in [1.807, 2.05) is 17.1 Å². The predicted octanol–water partition coefficient (Wildman–Crippen LogP) is 2.68. The van der Waals surface area contributed by atoms with Crippen LogP contribution in [0.4, 0.5) is 5.13 Å². The van der Waals surface area contributed by atoms with E-state index < -0.39 is 0 Å². The molecule has 2 rings (SSSR count). The van der Waals surface area contributed by atoms with E-state index in [9.17, 15) is 4.79 Å². The first kappa shape index (κ1) is 11.9. The second-order valence-corrected chi connectivity index (χ2v) is 6.16. The molecule has 1 aromatic rings. The Bertz CT molecular complexity index is 378. The molecule has 1 aliphatic heterocycles. The molecule has 0 spiro atoms. The monoisotopic (exact) mass is 256 g/mol. The van der Waals surface area contributed by atoms with Crippen LogP contribution in [0.2, 0.25) is 0 Å². The number of hydrogen-bond acceptors (Lipinski definition) is 5. The average Bonchev–Trinajstić information content (AvgIpc) is 2.78. The normalized spacial score (nSPS) is 21.1. The Hall–Kier alpha value is -0.550. The third kappa shape index (κ3) is 2.58. The van der Waals surface area contributed by atoms with E-state index in [0.717, 1.165) is 24.0 Å². The Morgan fingerprint density at radius 1 is 1.69 bits per heavy atom. The van der Waals surface area contributed by atoms with Crippen molar-refractivity contribution in [1.29, 1.82) is 0 Å². The highest BCUT2D eigenvalue weighted by Gasteiger charge is 2.21. The van der Waals surface area contributed by atoms with Crippen LogP contribution in [-0.2, 0) is 0 Å². The number of ketones is 1. The standard InChI is InChI=1S/C11H16N2OS2/c1-3-9-6-13(4-5-15-9)11-12-10(7-16-11)8(2)14/h7,9H,3-6H2,1-2H3. The molecule has 2 heterocycles. The van der Waals surface area contributed by atoms with Crippen LogP contribution in [0.1, 0.15) is 30.8 Å². The third-order valence-corrected chi connectivity index (χ3v) is 4.99. The zero-order valence-corrected chi connectivity index (χ0v) is 11.2. The minimum Gasteiger partial charge on any atom is -0.346 e. The van der Waals surface area contributed by atoms with Crippen molar-refractivity contribution in [2.75, 3.05) is 23.7 Å². The molecule has 0 N–H and O–H groups in total. The number of carbonyl (C=O) groups is 1. The molecule has 0 amide bonds. The van der Waals surface area contributed by atoms with Gasteiger partial charge in [-0.05, 0) is 6.42 Å². The number of Topliss-reactive ketones (excluding diaryl/α,β-unsaturated/α-hetero) is 1. The fourth-order valence-electron chi connectivity index (χ4n) is 1.71. The Morgan fingerprint density at radius 2 is 2.50 bits per heavy atom. The topological polar surface area (TPSA) is 33.2 Å². The highest BCUT2D eigenvalue weighted by atomic mass is 32.2. The maximum absolute atomic E-state index is 11.2. The van der Waals surface area contributed by atoms with Crippen molar-refractivity contribution in [3.63, 3.8) is 0 Å². The molecule has 1 aromatic heterocycles. The summed E-state index contributed by atoms with van der Waals surface area (Å²) < 4.78 is 0. The molecule has 16 heavy (non-hydrogen) atoms. The number of thiazole rings is 1. The number of hydrogen-bond donors (Lipinski definition) is 0. The highest BCUT2D eigenvalue weighted by Crippen LogP contribution is 2.28. The molecule has 1 aliphatic rings. The molecule has 0 bridgehead atoms. The predicted molar refractivity (Wildman–Crippen MR) is 70.9 cm³/mol. The molecule has 1 atom stereocenters.